The largest absolute Gasteiger partial charge is 0.492 e. The first-order valence-electron chi connectivity index (χ1n) is 14.5. The summed E-state index contributed by atoms with van der Waals surface area (Å²) in [7, 11) is 0. The zero-order valence-corrected chi connectivity index (χ0v) is 22.6. The number of nitrogens with one attached hydrogen (secondary N) is 1. The van der Waals surface area contributed by atoms with Crippen molar-refractivity contribution >= 4 is 23.4 Å². The third-order valence-corrected chi connectivity index (χ3v) is 8.73. The van der Waals surface area contributed by atoms with Gasteiger partial charge in [0.2, 0.25) is 11.8 Å². The number of imide groups is 1. The monoisotopic (exact) mass is 530 g/mol. The molecule has 4 aliphatic rings. The van der Waals surface area contributed by atoms with Crippen LogP contribution < -0.4 is 15.0 Å². The van der Waals surface area contributed by atoms with E-state index in [0.717, 1.165) is 43.9 Å². The van der Waals surface area contributed by atoms with E-state index in [-0.39, 0.29) is 24.1 Å². The summed E-state index contributed by atoms with van der Waals surface area (Å²) in [5.41, 5.74) is 4.16. The van der Waals surface area contributed by atoms with Gasteiger partial charge in [-0.15, -0.1) is 0 Å². The number of nitrogens with zero attached hydrogens (tertiary/aromatic N) is 3. The Morgan fingerprint density at radius 2 is 1.67 bits per heavy atom. The van der Waals surface area contributed by atoms with Gasteiger partial charge >= 0.3 is 0 Å². The highest BCUT2D eigenvalue weighted by molar-refractivity contribution is 6.05. The Hall–Kier alpha value is -3.39. The van der Waals surface area contributed by atoms with E-state index >= 15 is 0 Å². The molecule has 0 saturated carbocycles. The Morgan fingerprint density at radius 3 is 2.46 bits per heavy atom. The minimum Gasteiger partial charge on any atom is -0.492 e. The summed E-state index contributed by atoms with van der Waals surface area (Å²) in [4.78, 5) is 43.4. The van der Waals surface area contributed by atoms with Crippen molar-refractivity contribution in [2.75, 3.05) is 31.1 Å². The molecular weight excluding hydrogens is 492 g/mol. The first-order valence-corrected chi connectivity index (χ1v) is 14.5. The molecule has 1 N–H and O–H groups in total. The molecule has 3 fully saturated rings. The van der Waals surface area contributed by atoms with Crippen LogP contribution in [-0.2, 0) is 22.7 Å². The van der Waals surface area contributed by atoms with Crippen LogP contribution in [0.25, 0.3) is 0 Å². The van der Waals surface area contributed by atoms with Crippen molar-refractivity contribution in [3.8, 4) is 5.75 Å². The predicted octanol–water partition coefficient (Wildman–Crippen LogP) is 3.87. The number of rotatable bonds is 7. The number of fused-ring (bicyclic) bond motifs is 1. The number of ether oxygens (including phenoxy) is 1. The average Bonchev–Trinajstić information content (AvgIpc) is 3.28. The molecule has 0 aromatic heterocycles. The van der Waals surface area contributed by atoms with E-state index in [2.05, 4.69) is 39.4 Å². The summed E-state index contributed by atoms with van der Waals surface area (Å²) in [5, 5.41) is 2.36. The summed E-state index contributed by atoms with van der Waals surface area (Å²) in [6.45, 7) is 5.29. The molecule has 4 heterocycles. The van der Waals surface area contributed by atoms with Gasteiger partial charge in [0.15, 0.2) is 0 Å². The number of amides is 3. The molecule has 0 bridgehead atoms. The molecule has 8 heteroatoms. The van der Waals surface area contributed by atoms with Gasteiger partial charge in [0.05, 0.1) is 0 Å². The fraction of sp³-hybridized carbons (Fsp3) is 0.516. The Balaban J connectivity index is 1.06. The summed E-state index contributed by atoms with van der Waals surface area (Å²) in [6.07, 6.45) is 8.07. The molecular formula is C31H38N4O4. The SMILES string of the molecule is O=C1CCC(N2Cc3cc(OCC4CCCCN4Cc4ccc(N5CCCCC5)cc4)ccc3C2=O)C(=O)N1. The molecule has 2 unspecified atom stereocenters. The molecule has 206 valence electrons. The third kappa shape index (κ3) is 5.66. The quantitative estimate of drug-likeness (QED) is 0.548. The van der Waals surface area contributed by atoms with Crippen LogP contribution in [0.1, 0.15) is 72.9 Å². The lowest BCUT2D eigenvalue weighted by Crippen LogP contribution is -2.52. The minimum atomic E-state index is -0.600. The predicted molar refractivity (Wildman–Crippen MR) is 149 cm³/mol. The van der Waals surface area contributed by atoms with E-state index in [1.807, 2.05) is 12.1 Å². The zero-order valence-electron chi connectivity index (χ0n) is 22.6. The van der Waals surface area contributed by atoms with E-state index in [1.165, 1.54) is 43.4 Å². The number of likely N-dealkylation sites (tertiary alicyclic amines) is 1. The lowest BCUT2D eigenvalue weighted by Gasteiger charge is -2.35. The van der Waals surface area contributed by atoms with Crippen LogP contribution in [0.2, 0.25) is 0 Å². The maximum atomic E-state index is 13.0. The Bertz CT molecular complexity index is 1220. The van der Waals surface area contributed by atoms with Gasteiger partial charge in [-0.3, -0.25) is 24.6 Å². The molecule has 0 radical (unpaired) electrons. The van der Waals surface area contributed by atoms with E-state index in [9.17, 15) is 14.4 Å². The smallest absolute Gasteiger partial charge is 0.255 e. The van der Waals surface area contributed by atoms with Crippen LogP contribution in [0.4, 0.5) is 5.69 Å². The summed E-state index contributed by atoms with van der Waals surface area (Å²) < 4.78 is 6.29. The second-order valence-corrected chi connectivity index (χ2v) is 11.4. The fourth-order valence-corrected chi connectivity index (χ4v) is 6.49. The second kappa shape index (κ2) is 11.4. The van der Waals surface area contributed by atoms with E-state index in [4.69, 9.17) is 4.74 Å². The highest BCUT2D eigenvalue weighted by atomic mass is 16.5. The Kier molecular flexibility index (Phi) is 7.55. The number of anilines is 1. The van der Waals surface area contributed by atoms with Gasteiger partial charge in [-0.05, 0) is 86.5 Å². The van der Waals surface area contributed by atoms with Gasteiger partial charge in [-0.25, -0.2) is 0 Å². The summed E-state index contributed by atoms with van der Waals surface area (Å²) in [6, 6.07) is 14.5. The number of hydrogen-bond acceptors (Lipinski definition) is 6. The van der Waals surface area contributed by atoms with Crippen LogP contribution >= 0.6 is 0 Å². The molecule has 3 amide bonds. The molecule has 2 aromatic rings. The Morgan fingerprint density at radius 1 is 0.872 bits per heavy atom. The maximum Gasteiger partial charge on any atom is 0.255 e. The highest BCUT2D eigenvalue weighted by Gasteiger charge is 2.39. The van der Waals surface area contributed by atoms with Crippen molar-refractivity contribution in [3.05, 3.63) is 59.2 Å². The van der Waals surface area contributed by atoms with Crippen LogP contribution in [0.5, 0.6) is 5.75 Å². The number of piperidine rings is 3. The standard InChI is InChI=1S/C31H38N4O4/c36-29-14-13-28(30(37)32-29)35-20-23-18-26(11-12-27(23)31(35)38)39-21-25-6-2-5-17-34(25)19-22-7-9-24(10-8-22)33-15-3-1-4-16-33/h7-12,18,25,28H,1-6,13-17,19-21H2,(H,32,36,37). The van der Waals surface area contributed by atoms with Crippen LogP contribution in [0.3, 0.4) is 0 Å². The van der Waals surface area contributed by atoms with E-state index in [0.29, 0.717) is 31.2 Å². The normalized spacial score (nSPS) is 24.1. The molecule has 2 atom stereocenters. The first kappa shape index (κ1) is 25.9. The van der Waals surface area contributed by atoms with E-state index < -0.39 is 6.04 Å². The number of carbonyl (C=O) groups excluding carboxylic acids is 3. The van der Waals surface area contributed by atoms with Crippen LogP contribution in [-0.4, -0.2) is 65.8 Å². The van der Waals surface area contributed by atoms with Gasteiger partial charge in [0.1, 0.15) is 18.4 Å². The fourth-order valence-electron chi connectivity index (χ4n) is 6.49. The van der Waals surface area contributed by atoms with Gasteiger partial charge in [0, 0.05) is 49.9 Å². The molecule has 0 aliphatic carbocycles. The molecule has 2 aromatic carbocycles. The molecule has 8 nitrogen and oxygen atoms in total. The zero-order chi connectivity index (χ0) is 26.8. The average molecular weight is 531 g/mol. The van der Waals surface area contributed by atoms with Crippen molar-refractivity contribution < 1.29 is 19.1 Å². The number of benzene rings is 2. The van der Waals surface area contributed by atoms with Crippen molar-refractivity contribution in [1.82, 2.24) is 15.1 Å². The maximum absolute atomic E-state index is 13.0. The lowest BCUT2D eigenvalue weighted by molar-refractivity contribution is -0.136. The van der Waals surface area contributed by atoms with Gasteiger partial charge in [-0.2, -0.15) is 0 Å². The molecule has 3 saturated heterocycles. The van der Waals surface area contributed by atoms with Crippen molar-refractivity contribution in [2.45, 2.75) is 76.5 Å². The van der Waals surface area contributed by atoms with E-state index in [1.54, 1.807) is 11.0 Å². The van der Waals surface area contributed by atoms with Gasteiger partial charge < -0.3 is 14.5 Å². The number of hydrogen-bond donors (Lipinski definition) is 1. The van der Waals surface area contributed by atoms with Crippen LogP contribution in [0.15, 0.2) is 42.5 Å². The first-order chi connectivity index (χ1) is 19.0. The summed E-state index contributed by atoms with van der Waals surface area (Å²) in [5.74, 6) is -0.0661. The highest BCUT2D eigenvalue weighted by Crippen LogP contribution is 2.31. The third-order valence-electron chi connectivity index (χ3n) is 8.73. The number of carbonyl (C=O) groups is 3. The van der Waals surface area contributed by atoms with Crippen LogP contribution in [0, 0.1) is 0 Å². The molecule has 4 aliphatic heterocycles. The molecule has 0 spiro atoms. The van der Waals surface area contributed by atoms with Crippen molar-refractivity contribution in [3.63, 3.8) is 0 Å². The minimum absolute atomic E-state index is 0.157. The summed E-state index contributed by atoms with van der Waals surface area (Å²) >= 11 is 0. The second-order valence-electron chi connectivity index (χ2n) is 11.4. The Labute approximate surface area is 230 Å². The molecule has 39 heavy (non-hydrogen) atoms. The van der Waals surface area contributed by atoms with Gasteiger partial charge in [-0.1, -0.05) is 18.6 Å². The molecule has 6 rings (SSSR count). The lowest BCUT2D eigenvalue weighted by atomic mass is 10.0. The topological polar surface area (TPSA) is 82.2 Å². The van der Waals surface area contributed by atoms with Gasteiger partial charge in [0.25, 0.3) is 5.91 Å². The van der Waals surface area contributed by atoms with Crippen molar-refractivity contribution in [2.24, 2.45) is 0 Å². The van der Waals surface area contributed by atoms with Crippen molar-refractivity contribution in [1.29, 1.82) is 0 Å².